The molecule has 0 saturated heterocycles. The molecule has 146 valence electrons. The lowest BCUT2D eigenvalue weighted by Crippen LogP contribution is -2.17. The van der Waals surface area contributed by atoms with Gasteiger partial charge in [0.15, 0.2) is 0 Å². The highest BCUT2D eigenvalue weighted by Crippen LogP contribution is 2.37. The summed E-state index contributed by atoms with van der Waals surface area (Å²) >= 11 is 0. The van der Waals surface area contributed by atoms with Gasteiger partial charge in [0, 0.05) is 17.8 Å². The summed E-state index contributed by atoms with van der Waals surface area (Å²) in [6.07, 6.45) is 5.75. The van der Waals surface area contributed by atoms with Gasteiger partial charge in [-0.3, -0.25) is 0 Å². The zero-order chi connectivity index (χ0) is 20.2. The van der Waals surface area contributed by atoms with E-state index in [4.69, 9.17) is 5.26 Å². The highest BCUT2D eigenvalue weighted by Gasteiger charge is 2.25. The molecule has 3 aromatic rings. The number of nitrogens with zero attached hydrogens (tertiary/aromatic N) is 2. The lowest BCUT2D eigenvalue weighted by Gasteiger charge is -2.24. The second kappa shape index (κ2) is 8.36. The molecule has 1 aliphatic carbocycles. The number of carboxylic acids is 1. The molecule has 0 saturated carbocycles. The van der Waals surface area contributed by atoms with E-state index < -0.39 is 5.97 Å². The van der Waals surface area contributed by atoms with Crippen LogP contribution < -0.4 is 0 Å². The molecule has 4 rings (SSSR count). The summed E-state index contributed by atoms with van der Waals surface area (Å²) in [7, 11) is 0. The lowest BCUT2D eigenvalue weighted by atomic mass is 9.84. The van der Waals surface area contributed by atoms with Gasteiger partial charge in [-0.15, -0.1) is 0 Å². The van der Waals surface area contributed by atoms with Gasteiger partial charge in [-0.2, -0.15) is 5.26 Å². The molecule has 1 N–H and O–H groups in total. The number of carboxylic acid groups (broad SMARTS) is 1. The first kappa shape index (κ1) is 19.0. The van der Waals surface area contributed by atoms with Crippen LogP contribution in [0.25, 0.3) is 16.9 Å². The van der Waals surface area contributed by atoms with Crippen molar-refractivity contribution in [1.82, 2.24) is 4.57 Å². The van der Waals surface area contributed by atoms with E-state index in [1.165, 1.54) is 11.3 Å². The summed E-state index contributed by atoms with van der Waals surface area (Å²) in [5.74, 6) is -0.348. The first-order valence-corrected chi connectivity index (χ1v) is 10.2. The molecule has 1 unspecified atom stereocenters. The van der Waals surface area contributed by atoms with Gasteiger partial charge in [-0.25, -0.2) is 4.79 Å². The Morgan fingerprint density at radius 1 is 1.14 bits per heavy atom. The fraction of sp³-hybridized carbons (Fsp3) is 0.280. The Morgan fingerprint density at radius 3 is 2.72 bits per heavy atom. The van der Waals surface area contributed by atoms with Crippen LogP contribution in [0, 0.1) is 17.2 Å². The van der Waals surface area contributed by atoms with Crippen LogP contribution in [0.4, 0.5) is 0 Å². The molecule has 0 aliphatic heterocycles. The quantitative estimate of drug-likeness (QED) is 0.559. The van der Waals surface area contributed by atoms with Crippen molar-refractivity contribution >= 4 is 5.97 Å². The Balaban J connectivity index is 1.80. The smallest absolute Gasteiger partial charge is 0.335 e. The molecule has 1 atom stereocenters. The van der Waals surface area contributed by atoms with Crippen molar-refractivity contribution in [2.24, 2.45) is 5.92 Å². The second-order valence-electron chi connectivity index (χ2n) is 7.72. The van der Waals surface area contributed by atoms with Crippen LogP contribution in [-0.2, 0) is 12.8 Å². The number of hydrogen-bond acceptors (Lipinski definition) is 2. The molecule has 2 aromatic carbocycles. The van der Waals surface area contributed by atoms with Crippen molar-refractivity contribution in [3.05, 3.63) is 77.5 Å². The van der Waals surface area contributed by atoms with E-state index >= 15 is 0 Å². The number of rotatable bonds is 6. The zero-order valence-electron chi connectivity index (χ0n) is 16.3. The zero-order valence-corrected chi connectivity index (χ0v) is 16.3. The average Bonchev–Trinajstić information content (AvgIpc) is 3.13. The molecule has 0 amide bonds. The number of aromatic carboxylic acids is 1. The van der Waals surface area contributed by atoms with Gasteiger partial charge >= 0.3 is 5.97 Å². The summed E-state index contributed by atoms with van der Waals surface area (Å²) in [5, 5.41) is 18.3. The fourth-order valence-electron chi connectivity index (χ4n) is 4.39. The summed E-state index contributed by atoms with van der Waals surface area (Å²) in [6.45, 7) is 0. The standard InChI is InChI=1S/C25H24N2O2/c26-14-5-4-7-18-12-13-20-17-24(19-8-2-1-3-9-19)27(23(20)15-18)22-11-6-10-21(16-22)25(28)29/h1-3,6,8-11,16-18H,4-5,7,12-13,15H2,(H,28,29). The number of aryl methyl sites for hydroxylation is 1. The van der Waals surface area contributed by atoms with E-state index in [2.05, 4.69) is 28.8 Å². The van der Waals surface area contributed by atoms with Gasteiger partial charge in [0.05, 0.1) is 17.3 Å². The van der Waals surface area contributed by atoms with Crippen molar-refractivity contribution in [1.29, 1.82) is 5.26 Å². The number of nitriles is 1. The van der Waals surface area contributed by atoms with Crippen molar-refractivity contribution in [3.8, 4) is 23.0 Å². The van der Waals surface area contributed by atoms with Crippen LogP contribution in [0.15, 0.2) is 60.7 Å². The first-order chi connectivity index (χ1) is 14.2. The molecule has 0 spiro atoms. The summed E-state index contributed by atoms with van der Waals surface area (Å²) < 4.78 is 2.24. The second-order valence-corrected chi connectivity index (χ2v) is 7.72. The Labute approximate surface area is 171 Å². The minimum Gasteiger partial charge on any atom is -0.478 e. The van der Waals surface area contributed by atoms with E-state index in [0.29, 0.717) is 17.9 Å². The van der Waals surface area contributed by atoms with Crippen molar-refractivity contribution in [3.63, 3.8) is 0 Å². The van der Waals surface area contributed by atoms with E-state index in [-0.39, 0.29) is 0 Å². The van der Waals surface area contributed by atoms with Crippen LogP contribution in [0.2, 0.25) is 0 Å². The highest BCUT2D eigenvalue weighted by molar-refractivity contribution is 5.88. The summed E-state index contributed by atoms with van der Waals surface area (Å²) in [6, 6.07) is 22.0. The van der Waals surface area contributed by atoms with Crippen molar-refractivity contribution in [2.45, 2.75) is 38.5 Å². The summed E-state index contributed by atoms with van der Waals surface area (Å²) in [4.78, 5) is 11.5. The Hall–Kier alpha value is -3.32. The van der Waals surface area contributed by atoms with Gasteiger partial charge < -0.3 is 9.67 Å². The number of carbonyl (C=O) groups is 1. The third-order valence-corrected chi connectivity index (χ3v) is 5.82. The Morgan fingerprint density at radius 2 is 1.97 bits per heavy atom. The van der Waals surface area contributed by atoms with Crippen LogP contribution in [-0.4, -0.2) is 15.6 Å². The van der Waals surface area contributed by atoms with Gasteiger partial charge in [-0.1, -0.05) is 36.4 Å². The minimum absolute atomic E-state index is 0.297. The Kier molecular flexibility index (Phi) is 5.48. The van der Waals surface area contributed by atoms with Gasteiger partial charge in [-0.05, 0) is 73.4 Å². The van der Waals surface area contributed by atoms with Gasteiger partial charge in [0.25, 0.3) is 0 Å². The predicted octanol–water partition coefficient (Wildman–Crippen LogP) is 5.64. The van der Waals surface area contributed by atoms with Crippen LogP contribution >= 0.6 is 0 Å². The molecule has 1 aromatic heterocycles. The van der Waals surface area contributed by atoms with Crippen LogP contribution in [0.1, 0.15) is 47.3 Å². The number of fused-ring (bicyclic) bond motifs is 1. The SMILES string of the molecule is N#CCCCC1CCc2cc(-c3ccccc3)n(-c3cccc(C(=O)O)c3)c2C1. The average molecular weight is 384 g/mol. The first-order valence-electron chi connectivity index (χ1n) is 10.2. The number of hydrogen-bond donors (Lipinski definition) is 1. The van der Waals surface area contributed by atoms with Crippen LogP contribution in [0.3, 0.4) is 0 Å². The highest BCUT2D eigenvalue weighted by atomic mass is 16.4. The molecule has 0 bridgehead atoms. The van der Waals surface area contributed by atoms with E-state index in [1.54, 1.807) is 12.1 Å². The normalized spacial score (nSPS) is 15.5. The van der Waals surface area contributed by atoms with E-state index in [9.17, 15) is 9.90 Å². The molecular weight excluding hydrogens is 360 g/mol. The molecule has 0 radical (unpaired) electrons. The van der Waals surface area contributed by atoms with Gasteiger partial charge in [0.1, 0.15) is 0 Å². The predicted molar refractivity (Wildman–Crippen MR) is 113 cm³/mol. The third-order valence-electron chi connectivity index (χ3n) is 5.82. The maximum absolute atomic E-state index is 11.5. The molecule has 1 heterocycles. The Bertz CT molecular complexity index is 1060. The minimum atomic E-state index is -0.913. The molecule has 1 aliphatic rings. The number of benzene rings is 2. The number of aromatic nitrogens is 1. The molecule has 4 heteroatoms. The molecular formula is C25H24N2O2. The van der Waals surface area contributed by atoms with Crippen LogP contribution in [0.5, 0.6) is 0 Å². The van der Waals surface area contributed by atoms with E-state index in [1.807, 2.05) is 30.3 Å². The fourth-order valence-corrected chi connectivity index (χ4v) is 4.39. The number of unbranched alkanes of at least 4 members (excludes halogenated alkanes) is 1. The van der Waals surface area contributed by atoms with Gasteiger partial charge in [0.2, 0.25) is 0 Å². The third kappa shape index (κ3) is 3.95. The maximum atomic E-state index is 11.5. The monoisotopic (exact) mass is 384 g/mol. The maximum Gasteiger partial charge on any atom is 0.335 e. The molecule has 0 fully saturated rings. The molecule has 29 heavy (non-hydrogen) atoms. The topological polar surface area (TPSA) is 66.0 Å². The lowest BCUT2D eigenvalue weighted by molar-refractivity contribution is 0.0697. The van der Waals surface area contributed by atoms with Crippen molar-refractivity contribution < 1.29 is 9.90 Å². The molecule has 4 nitrogen and oxygen atoms in total. The summed E-state index contributed by atoms with van der Waals surface area (Å²) in [5.41, 5.74) is 6.05. The largest absolute Gasteiger partial charge is 0.478 e. The van der Waals surface area contributed by atoms with E-state index in [0.717, 1.165) is 49.0 Å². The van der Waals surface area contributed by atoms with Crippen molar-refractivity contribution in [2.75, 3.05) is 0 Å².